The van der Waals surface area contributed by atoms with Gasteiger partial charge in [-0.3, -0.25) is 0 Å². The number of rotatable bonds is 2. The molecule has 0 atom stereocenters. The summed E-state index contributed by atoms with van der Waals surface area (Å²) in [6.07, 6.45) is 0. The van der Waals surface area contributed by atoms with Gasteiger partial charge in [0.05, 0.1) is 6.67 Å². The average Bonchev–Trinajstić information content (AvgIpc) is 2.51. The van der Waals surface area contributed by atoms with Crippen LogP contribution in [0.2, 0.25) is 0 Å². The minimum atomic E-state index is 0.307. The summed E-state index contributed by atoms with van der Waals surface area (Å²) >= 11 is 0. The van der Waals surface area contributed by atoms with Gasteiger partial charge in [0.1, 0.15) is 0 Å². The molecule has 0 saturated carbocycles. The van der Waals surface area contributed by atoms with Crippen molar-refractivity contribution in [2.24, 2.45) is 5.73 Å². The van der Waals surface area contributed by atoms with Gasteiger partial charge >= 0.3 is 0 Å². The van der Waals surface area contributed by atoms with Gasteiger partial charge in [0.15, 0.2) is 11.5 Å². The van der Waals surface area contributed by atoms with Crippen molar-refractivity contribution in [3.8, 4) is 11.5 Å². The van der Waals surface area contributed by atoms with E-state index in [0.717, 1.165) is 17.2 Å². The van der Waals surface area contributed by atoms with E-state index in [1.165, 1.54) is 0 Å². The molecule has 1 heterocycles. The summed E-state index contributed by atoms with van der Waals surface area (Å²) in [5.74, 6) is 1.56. The van der Waals surface area contributed by atoms with Gasteiger partial charge in [-0.25, -0.2) is 0 Å². The molecule has 0 fully saturated rings. The van der Waals surface area contributed by atoms with Crippen LogP contribution in [0.4, 0.5) is 5.69 Å². The molecule has 4 nitrogen and oxygen atoms in total. The quantitative estimate of drug-likeness (QED) is 0.636. The van der Waals surface area contributed by atoms with Crippen LogP contribution in [0.1, 0.15) is 0 Å². The highest BCUT2D eigenvalue weighted by atomic mass is 16.7. The summed E-state index contributed by atoms with van der Waals surface area (Å²) in [6, 6.07) is 5.63. The van der Waals surface area contributed by atoms with Gasteiger partial charge < -0.3 is 20.5 Å². The number of anilines is 1. The second-order valence-electron chi connectivity index (χ2n) is 2.45. The van der Waals surface area contributed by atoms with E-state index in [9.17, 15) is 0 Å². The van der Waals surface area contributed by atoms with Crippen molar-refractivity contribution in [1.82, 2.24) is 0 Å². The van der Waals surface area contributed by atoms with Crippen LogP contribution >= 0.6 is 0 Å². The van der Waals surface area contributed by atoms with Gasteiger partial charge in [-0.1, -0.05) is 0 Å². The first kappa shape index (κ1) is 7.24. The Labute approximate surface area is 70.3 Å². The topological polar surface area (TPSA) is 56.5 Å². The fraction of sp³-hybridized carbons (Fsp3) is 0.250. The van der Waals surface area contributed by atoms with Crippen molar-refractivity contribution in [2.75, 3.05) is 18.8 Å². The molecule has 0 unspecified atom stereocenters. The molecule has 64 valence electrons. The normalized spacial score (nSPS) is 13.1. The average molecular weight is 166 g/mol. The monoisotopic (exact) mass is 166 g/mol. The molecule has 0 bridgehead atoms. The first-order valence-corrected chi connectivity index (χ1v) is 3.74. The molecule has 0 radical (unpaired) electrons. The lowest BCUT2D eigenvalue weighted by atomic mass is 10.3. The number of benzene rings is 1. The first-order valence-electron chi connectivity index (χ1n) is 3.74. The molecule has 0 aliphatic carbocycles. The lowest BCUT2D eigenvalue weighted by Crippen LogP contribution is -2.10. The van der Waals surface area contributed by atoms with Crippen LogP contribution in [0.3, 0.4) is 0 Å². The van der Waals surface area contributed by atoms with Crippen molar-refractivity contribution in [3.63, 3.8) is 0 Å². The minimum Gasteiger partial charge on any atom is -0.454 e. The Morgan fingerprint density at radius 3 is 3.00 bits per heavy atom. The van der Waals surface area contributed by atoms with Crippen LogP contribution in [0.5, 0.6) is 11.5 Å². The van der Waals surface area contributed by atoms with E-state index in [0.29, 0.717) is 13.5 Å². The van der Waals surface area contributed by atoms with Gasteiger partial charge in [-0.2, -0.15) is 0 Å². The maximum absolute atomic E-state index is 5.32. The van der Waals surface area contributed by atoms with E-state index < -0.39 is 0 Å². The van der Waals surface area contributed by atoms with Crippen LogP contribution in [-0.4, -0.2) is 13.5 Å². The molecule has 1 aromatic rings. The molecule has 0 spiro atoms. The van der Waals surface area contributed by atoms with E-state index >= 15 is 0 Å². The van der Waals surface area contributed by atoms with E-state index in [4.69, 9.17) is 15.2 Å². The molecule has 1 aliphatic rings. The van der Waals surface area contributed by atoms with Gasteiger partial charge in [0, 0.05) is 11.8 Å². The van der Waals surface area contributed by atoms with E-state index in [1.807, 2.05) is 18.2 Å². The van der Waals surface area contributed by atoms with Gasteiger partial charge in [-0.15, -0.1) is 0 Å². The zero-order chi connectivity index (χ0) is 8.39. The molecule has 1 aromatic carbocycles. The lowest BCUT2D eigenvalue weighted by molar-refractivity contribution is 0.174. The molecule has 0 amide bonds. The maximum atomic E-state index is 5.32. The molecular weight excluding hydrogens is 156 g/mol. The number of fused-ring (bicyclic) bond motifs is 1. The third kappa shape index (κ3) is 1.16. The van der Waals surface area contributed by atoms with Crippen LogP contribution in [0, 0.1) is 0 Å². The van der Waals surface area contributed by atoms with Crippen LogP contribution in [0.25, 0.3) is 0 Å². The van der Waals surface area contributed by atoms with Crippen molar-refractivity contribution >= 4 is 5.69 Å². The Morgan fingerprint density at radius 1 is 1.33 bits per heavy atom. The summed E-state index contributed by atoms with van der Waals surface area (Å²) in [6.45, 7) is 0.723. The zero-order valence-corrected chi connectivity index (χ0v) is 6.54. The lowest BCUT2D eigenvalue weighted by Gasteiger charge is -2.03. The highest BCUT2D eigenvalue weighted by molar-refractivity contribution is 5.55. The van der Waals surface area contributed by atoms with Crippen molar-refractivity contribution in [3.05, 3.63) is 18.2 Å². The second kappa shape index (κ2) is 2.91. The molecule has 12 heavy (non-hydrogen) atoms. The maximum Gasteiger partial charge on any atom is 0.231 e. The van der Waals surface area contributed by atoms with Crippen molar-refractivity contribution in [1.29, 1.82) is 0 Å². The summed E-state index contributed by atoms with van der Waals surface area (Å²) in [5.41, 5.74) is 6.27. The Balaban J connectivity index is 2.26. The SMILES string of the molecule is NCNc1ccc2c(c1)OCO2. The second-order valence-corrected chi connectivity index (χ2v) is 2.45. The van der Waals surface area contributed by atoms with E-state index in [-0.39, 0.29) is 0 Å². The summed E-state index contributed by atoms with van der Waals surface area (Å²) in [7, 11) is 0. The van der Waals surface area contributed by atoms with Crippen LogP contribution in [-0.2, 0) is 0 Å². The standard InChI is InChI=1S/C8H10N2O2/c9-4-10-6-1-2-7-8(3-6)12-5-11-7/h1-3,10H,4-5,9H2. The minimum absolute atomic E-state index is 0.307. The number of hydrogen-bond donors (Lipinski definition) is 2. The first-order chi connectivity index (χ1) is 5.90. The summed E-state index contributed by atoms with van der Waals surface area (Å²) in [5, 5.41) is 2.98. The third-order valence-corrected chi connectivity index (χ3v) is 1.68. The third-order valence-electron chi connectivity index (χ3n) is 1.68. The molecular formula is C8H10N2O2. The number of ether oxygens (including phenoxy) is 2. The number of nitrogens with two attached hydrogens (primary N) is 1. The number of hydrogen-bond acceptors (Lipinski definition) is 4. The van der Waals surface area contributed by atoms with Crippen molar-refractivity contribution < 1.29 is 9.47 Å². The van der Waals surface area contributed by atoms with E-state index in [2.05, 4.69) is 5.32 Å². The predicted molar refractivity (Wildman–Crippen MR) is 45.2 cm³/mol. The fourth-order valence-electron chi connectivity index (χ4n) is 1.12. The highest BCUT2D eigenvalue weighted by Gasteiger charge is 2.12. The molecule has 0 saturated heterocycles. The Bertz CT molecular complexity index is 288. The fourth-order valence-corrected chi connectivity index (χ4v) is 1.12. The zero-order valence-electron chi connectivity index (χ0n) is 6.54. The Morgan fingerprint density at radius 2 is 2.17 bits per heavy atom. The molecule has 2 rings (SSSR count). The molecule has 4 heteroatoms. The van der Waals surface area contributed by atoms with Crippen molar-refractivity contribution in [2.45, 2.75) is 0 Å². The molecule has 3 N–H and O–H groups in total. The molecule has 0 aromatic heterocycles. The van der Waals surface area contributed by atoms with Crippen LogP contribution < -0.4 is 20.5 Å². The summed E-state index contributed by atoms with van der Waals surface area (Å²) < 4.78 is 10.3. The Hall–Kier alpha value is -1.42. The van der Waals surface area contributed by atoms with Gasteiger partial charge in [0.25, 0.3) is 0 Å². The van der Waals surface area contributed by atoms with Crippen LogP contribution in [0.15, 0.2) is 18.2 Å². The Kier molecular flexibility index (Phi) is 1.75. The summed E-state index contributed by atoms with van der Waals surface area (Å²) in [4.78, 5) is 0. The highest BCUT2D eigenvalue weighted by Crippen LogP contribution is 2.33. The smallest absolute Gasteiger partial charge is 0.231 e. The van der Waals surface area contributed by atoms with Gasteiger partial charge in [0.2, 0.25) is 6.79 Å². The molecule has 1 aliphatic heterocycles. The van der Waals surface area contributed by atoms with Gasteiger partial charge in [-0.05, 0) is 12.1 Å². The largest absolute Gasteiger partial charge is 0.454 e. The van der Waals surface area contributed by atoms with E-state index in [1.54, 1.807) is 0 Å². The number of nitrogens with one attached hydrogen (secondary N) is 1. The predicted octanol–water partition coefficient (Wildman–Crippen LogP) is 0.743.